The Balaban J connectivity index is 2.20. The van der Waals surface area contributed by atoms with Crippen molar-refractivity contribution in [1.82, 2.24) is 4.90 Å². The number of phenols is 1. The number of carbonyl (C=O) groups excluding carboxylic acids is 1. The summed E-state index contributed by atoms with van der Waals surface area (Å²) in [6.45, 7) is 1.51. The lowest BCUT2D eigenvalue weighted by atomic mass is 10.1. The Hall–Kier alpha value is -1.36. The van der Waals surface area contributed by atoms with Crippen molar-refractivity contribution in [3.8, 4) is 5.75 Å². The average molecular weight is 252 g/mol. The number of nitrogens with two attached hydrogens (primary N) is 1. The molecular formula is C12H16N2O2S. The first-order valence-corrected chi connectivity index (χ1v) is 6.79. The Morgan fingerprint density at radius 1 is 1.35 bits per heavy atom. The molecule has 17 heavy (non-hydrogen) atoms. The molecule has 1 aliphatic heterocycles. The highest BCUT2D eigenvalue weighted by molar-refractivity contribution is 7.99. The van der Waals surface area contributed by atoms with Gasteiger partial charge in [0, 0.05) is 24.5 Å². The summed E-state index contributed by atoms with van der Waals surface area (Å²) >= 11 is 1.86. The van der Waals surface area contributed by atoms with Crippen LogP contribution in [0.4, 0.5) is 5.69 Å². The molecule has 2 rings (SSSR count). The molecule has 0 bridgehead atoms. The van der Waals surface area contributed by atoms with Crippen molar-refractivity contribution < 1.29 is 9.90 Å². The summed E-state index contributed by atoms with van der Waals surface area (Å²) < 4.78 is 0. The molecule has 1 aromatic carbocycles. The SMILES string of the molecule is Nc1ccc(O)cc1C(=O)N1CCCSCC1. The van der Waals surface area contributed by atoms with Gasteiger partial charge in [0.05, 0.1) is 5.56 Å². The summed E-state index contributed by atoms with van der Waals surface area (Å²) in [5.74, 6) is 2.05. The number of hydrogen-bond donors (Lipinski definition) is 2. The molecule has 1 amide bonds. The van der Waals surface area contributed by atoms with E-state index >= 15 is 0 Å². The highest BCUT2D eigenvalue weighted by Crippen LogP contribution is 2.21. The van der Waals surface area contributed by atoms with Crippen LogP contribution < -0.4 is 5.73 Å². The van der Waals surface area contributed by atoms with Crippen LogP contribution in [0, 0.1) is 0 Å². The molecule has 1 fully saturated rings. The number of phenolic OH excluding ortho intramolecular Hbond substituents is 1. The lowest BCUT2D eigenvalue weighted by molar-refractivity contribution is 0.0769. The van der Waals surface area contributed by atoms with Gasteiger partial charge in [-0.2, -0.15) is 11.8 Å². The summed E-state index contributed by atoms with van der Waals surface area (Å²) in [5.41, 5.74) is 6.59. The van der Waals surface area contributed by atoms with E-state index in [1.165, 1.54) is 12.1 Å². The molecule has 3 N–H and O–H groups in total. The van der Waals surface area contributed by atoms with Crippen LogP contribution in [-0.2, 0) is 0 Å². The van der Waals surface area contributed by atoms with Crippen LogP contribution in [-0.4, -0.2) is 40.5 Å². The van der Waals surface area contributed by atoms with Crippen molar-refractivity contribution in [3.63, 3.8) is 0 Å². The van der Waals surface area contributed by atoms with E-state index in [2.05, 4.69) is 0 Å². The van der Waals surface area contributed by atoms with Gasteiger partial charge in [-0.05, 0) is 30.4 Å². The third kappa shape index (κ3) is 2.85. The zero-order valence-electron chi connectivity index (χ0n) is 9.56. The minimum atomic E-state index is -0.0825. The smallest absolute Gasteiger partial charge is 0.256 e. The number of thioether (sulfide) groups is 1. The molecule has 92 valence electrons. The molecule has 1 aromatic rings. The van der Waals surface area contributed by atoms with Crippen LogP contribution in [0.3, 0.4) is 0 Å². The molecule has 1 saturated heterocycles. The molecule has 0 aliphatic carbocycles. The zero-order valence-corrected chi connectivity index (χ0v) is 10.4. The number of aromatic hydroxyl groups is 1. The molecule has 0 radical (unpaired) electrons. The summed E-state index contributed by atoms with van der Waals surface area (Å²) in [7, 11) is 0. The minimum Gasteiger partial charge on any atom is -0.508 e. The molecular weight excluding hydrogens is 236 g/mol. The highest BCUT2D eigenvalue weighted by atomic mass is 32.2. The van der Waals surface area contributed by atoms with Crippen molar-refractivity contribution in [2.24, 2.45) is 0 Å². The van der Waals surface area contributed by atoms with Gasteiger partial charge >= 0.3 is 0 Å². The molecule has 5 heteroatoms. The Morgan fingerprint density at radius 2 is 2.18 bits per heavy atom. The van der Waals surface area contributed by atoms with Gasteiger partial charge in [-0.25, -0.2) is 0 Å². The average Bonchev–Trinajstić information content (AvgIpc) is 2.60. The van der Waals surface area contributed by atoms with Crippen molar-refractivity contribution in [2.45, 2.75) is 6.42 Å². The summed E-state index contributed by atoms with van der Waals surface area (Å²) in [6, 6.07) is 4.50. The molecule has 0 spiro atoms. The van der Waals surface area contributed by atoms with Crippen LogP contribution in [0.25, 0.3) is 0 Å². The number of nitrogens with zero attached hydrogens (tertiary/aromatic N) is 1. The fourth-order valence-electron chi connectivity index (χ4n) is 1.85. The van der Waals surface area contributed by atoms with E-state index in [0.29, 0.717) is 11.3 Å². The fourth-order valence-corrected chi connectivity index (χ4v) is 2.74. The van der Waals surface area contributed by atoms with E-state index in [0.717, 1.165) is 31.0 Å². The Bertz CT molecular complexity index is 415. The lowest BCUT2D eigenvalue weighted by Crippen LogP contribution is -2.33. The van der Waals surface area contributed by atoms with Crippen LogP contribution in [0.15, 0.2) is 18.2 Å². The Kier molecular flexibility index (Phi) is 3.78. The third-order valence-corrected chi connectivity index (χ3v) is 3.83. The van der Waals surface area contributed by atoms with Crippen LogP contribution >= 0.6 is 11.8 Å². The van der Waals surface area contributed by atoms with Crippen molar-refractivity contribution in [2.75, 3.05) is 30.3 Å². The summed E-state index contributed by atoms with van der Waals surface area (Å²) in [4.78, 5) is 14.1. The quantitative estimate of drug-likeness (QED) is 0.588. The number of benzene rings is 1. The fraction of sp³-hybridized carbons (Fsp3) is 0.417. The van der Waals surface area contributed by atoms with Gasteiger partial charge in [-0.1, -0.05) is 0 Å². The second-order valence-electron chi connectivity index (χ2n) is 4.03. The second kappa shape index (κ2) is 5.31. The van der Waals surface area contributed by atoms with Crippen LogP contribution in [0.1, 0.15) is 16.8 Å². The van der Waals surface area contributed by atoms with E-state index in [-0.39, 0.29) is 11.7 Å². The topological polar surface area (TPSA) is 66.6 Å². The first kappa shape index (κ1) is 12.1. The van der Waals surface area contributed by atoms with Gasteiger partial charge in [0.2, 0.25) is 0 Å². The monoisotopic (exact) mass is 252 g/mol. The van der Waals surface area contributed by atoms with Crippen LogP contribution in [0.2, 0.25) is 0 Å². The summed E-state index contributed by atoms with van der Waals surface area (Å²) in [6.07, 6.45) is 1.01. The maximum Gasteiger partial charge on any atom is 0.256 e. The van der Waals surface area contributed by atoms with Gasteiger partial charge in [0.25, 0.3) is 5.91 Å². The maximum absolute atomic E-state index is 12.3. The Morgan fingerprint density at radius 3 is 3.00 bits per heavy atom. The van der Waals surface area contributed by atoms with E-state index in [1.54, 1.807) is 6.07 Å². The number of hydrogen-bond acceptors (Lipinski definition) is 4. The van der Waals surface area contributed by atoms with Crippen LogP contribution in [0.5, 0.6) is 5.75 Å². The molecule has 1 aliphatic rings. The Labute approximate surface area is 105 Å². The molecule has 0 atom stereocenters. The largest absolute Gasteiger partial charge is 0.508 e. The number of nitrogen functional groups attached to an aromatic ring is 1. The standard InChI is InChI=1S/C12H16N2O2S/c13-11-3-2-9(15)8-10(11)12(16)14-4-1-6-17-7-5-14/h2-3,8,15H,1,4-7,13H2. The first-order chi connectivity index (χ1) is 8.18. The first-order valence-electron chi connectivity index (χ1n) is 5.64. The molecule has 0 saturated carbocycles. The van der Waals surface area contributed by atoms with E-state index < -0.39 is 0 Å². The molecule has 4 nitrogen and oxygen atoms in total. The molecule has 0 aromatic heterocycles. The predicted molar refractivity (Wildman–Crippen MR) is 70.4 cm³/mol. The van der Waals surface area contributed by atoms with Gasteiger partial charge < -0.3 is 15.7 Å². The molecule has 1 heterocycles. The van der Waals surface area contributed by atoms with Gasteiger partial charge in [-0.3, -0.25) is 4.79 Å². The normalized spacial score (nSPS) is 16.6. The van der Waals surface area contributed by atoms with E-state index in [9.17, 15) is 9.90 Å². The minimum absolute atomic E-state index is 0.0757. The van der Waals surface area contributed by atoms with Crippen molar-refractivity contribution >= 4 is 23.4 Å². The summed E-state index contributed by atoms with van der Waals surface area (Å²) in [5, 5.41) is 9.41. The number of amides is 1. The second-order valence-corrected chi connectivity index (χ2v) is 5.25. The lowest BCUT2D eigenvalue weighted by Gasteiger charge is -2.20. The van der Waals surface area contributed by atoms with Gasteiger partial charge in [-0.15, -0.1) is 0 Å². The highest BCUT2D eigenvalue weighted by Gasteiger charge is 2.19. The molecule has 0 unspecified atom stereocenters. The zero-order chi connectivity index (χ0) is 12.3. The number of rotatable bonds is 1. The maximum atomic E-state index is 12.3. The van der Waals surface area contributed by atoms with Gasteiger partial charge in [0.15, 0.2) is 0 Å². The number of carbonyl (C=O) groups is 1. The number of anilines is 1. The predicted octanol–water partition coefficient (Wildman–Crippen LogP) is 1.55. The van der Waals surface area contributed by atoms with Crippen molar-refractivity contribution in [1.29, 1.82) is 0 Å². The third-order valence-electron chi connectivity index (χ3n) is 2.78. The van der Waals surface area contributed by atoms with Gasteiger partial charge in [0.1, 0.15) is 5.75 Å². The van der Waals surface area contributed by atoms with E-state index in [1.807, 2.05) is 16.7 Å². The van der Waals surface area contributed by atoms with E-state index in [4.69, 9.17) is 5.73 Å². The van der Waals surface area contributed by atoms with Crippen molar-refractivity contribution in [3.05, 3.63) is 23.8 Å².